The first-order valence-electron chi connectivity index (χ1n) is 6.60. The van der Waals surface area contributed by atoms with Crippen LogP contribution in [-0.4, -0.2) is 42.1 Å². The second-order valence-corrected chi connectivity index (χ2v) is 6.59. The van der Waals surface area contributed by atoms with E-state index in [2.05, 4.69) is 0 Å². The first-order chi connectivity index (χ1) is 9.60. The van der Waals surface area contributed by atoms with Gasteiger partial charge in [0.25, 0.3) is 0 Å². The summed E-state index contributed by atoms with van der Waals surface area (Å²) in [6.07, 6.45) is 0. The summed E-state index contributed by atoms with van der Waals surface area (Å²) in [7, 11) is 1.67. The Morgan fingerprint density at radius 1 is 1.19 bits per heavy atom. The van der Waals surface area contributed by atoms with Crippen LogP contribution in [0.4, 0.5) is 10.5 Å². The molecule has 0 atom stereocenters. The fourth-order valence-corrected chi connectivity index (χ4v) is 2.14. The zero-order valence-electron chi connectivity index (χ0n) is 12.8. The fraction of sp³-hybridized carbons (Fsp3) is 0.467. The van der Waals surface area contributed by atoms with Crippen LogP contribution in [0.25, 0.3) is 0 Å². The van der Waals surface area contributed by atoms with Gasteiger partial charge in [-0.3, -0.25) is 9.69 Å². The van der Waals surface area contributed by atoms with Crippen LogP contribution in [-0.2, 0) is 4.79 Å². The highest BCUT2D eigenvalue weighted by atomic mass is 35.5. The number of carbonyl (C=O) groups is 2. The molecule has 1 N–H and O–H groups in total. The number of rotatable bonds is 4. The fourth-order valence-electron chi connectivity index (χ4n) is 2.01. The van der Waals surface area contributed by atoms with Gasteiger partial charge in [0, 0.05) is 24.3 Å². The van der Waals surface area contributed by atoms with Crippen molar-refractivity contribution in [2.45, 2.75) is 20.8 Å². The van der Waals surface area contributed by atoms with Crippen molar-refractivity contribution in [1.82, 2.24) is 4.90 Å². The lowest BCUT2D eigenvalue weighted by Gasteiger charge is -2.31. The monoisotopic (exact) mass is 312 g/mol. The molecule has 0 aliphatic rings. The van der Waals surface area contributed by atoms with Crippen LogP contribution < -0.4 is 4.90 Å². The zero-order chi connectivity index (χ0) is 16.2. The molecule has 1 aromatic rings. The van der Waals surface area contributed by atoms with E-state index >= 15 is 0 Å². The van der Waals surface area contributed by atoms with Gasteiger partial charge in [-0.15, -0.1) is 0 Å². The number of carboxylic acid groups (broad SMARTS) is 1. The molecule has 0 heterocycles. The molecule has 1 rings (SSSR count). The van der Waals surface area contributed by atoms with Gasteiger partial charge in [-0.25, -0.2) is 4.79 Å². The van der Waals surface area contributed by atoms with Crippen molar-refractivity contribution < 1.29 is 14.7 Å². The number of carboxylic acids is 1. The second-order valence-electron chi connectivity index (χ2n) is 6.16. The van der Waals surface area contributed by atoms with Crippen LogP contribution >= 0.6 is 11.6 Å². The molecule has 0 saturated carbocycles. The minimum atomic E-state index is -1.07. The first kappa shape index (κ1) is 17.3. The first-order valence-corrected chi connectivity index (χ1v) is 6.98. The molecule has 0 saturated heterocycles. The SMILES string of the molecule is CN(CC(C)(C)C)C(=O)N(CC(=O)O)c1ccc(Cl)cc1. The number of nitrogens with zero attached hydrogens (tertiary/aromatic N) is 2. The smallest absolute Gasteiger partial charge is 0.324 e. The predicted octanol–water partition coefficient (Wildman–Crippen LogP) is 3.33. The third-order valence-corrected chi connectivity index (χ3v) is 2.95. The minimum absolute atomic E-state index is 0.0701. The summed E-state index contributed by atoms with van der Waals surface area (Å²) < 4.78 is 0. The van der Waals surface area contributed by atoms with E-state index in [0.717, 1.165) is 0 Å². The number of halogens is 1. The van der Waals surface area contributed by atoms with Crippen molar-refractivity contribution in [3.63, 3.8) is 0 Å². The van der Waals surface area contributed by atoms with Crippen LogP contribution in [0.5, 0.6) is 0 Å². The normalized spacial score (nSPS) is 11.1. The average Bonchev–Trinajstić information content (AvgIpc) is 2.34. The summed E-state index contributed by atoms with van der Waals surface area (Å²) in [6, 6.07) is 6.17. The summed E-state index contributed by atoms with van der Waals surface area (Å²) in [4.78, 5) is 26.3. The highest BCUT2D eigenvalue weighted by molar-refractivity contribution is 6.30. The molecule has 5 nitrogen and oxygen atoms in total. The van der Waals surface area contributed by atoms with Crippen LogP contribution in [0.15, 0.2) is 24.3 Å². The van der Waals surface area contributed by atoms with Gasteiger partial charge in [0.2, 0.25) is 0 Å². The van der Waals surface area contributed by atoms with Gasteiger partial charge in [0.05, 0.1) is 0 Å². The Labute approximate surface area is 130 Å². The molecule has 0 spiro atoms. The minimum Gasteiger partial charge on any atom is -0.480 e. The highest BCUT2D eigenvalue weighted by Crippen LogP contribution is 2.21. The summed E-state index contributed by atoms with van der Waals surface area (Å²) in [6.45, 7) is 6.17. The van der Waals surface area contributed by atoms with Crippen molar-refractivity contribution in [3.05, 3.63) is 29.3 Å². The molecule has 116 valence electrons. The Hall–Kier alpha value is -1.75. The van der Waals surface area contributed by atoms with Gasteiger partial charge in [0.1, 0.15) is 6.54 Å². The van der Waals surface area contributed by atoms with Crippen molar-refractivity contribution in [1.29, 1.82) is 0 Å². The summed E-state index contributed by atoms with van der Waals surface area (Å²) in [5.74, 6) is -1.07. The lowest BCUT2D eigenvalue weighted by molar-refractivity contribution is -0.135. The van der Waals surface area contributed by atoms with Gasteiger partial charge >= 0.3 is 12.0 Å². The molecule has 1 aromatic carbocycles. The number of carbonyl (C=O) groups excluding carboxylic acids is 1. The standard InChI is InChI=1S/C15H21ClN2O3/c1-15(2,3)10-17(4)14(21)18(9-13(19)20)12-7-5-11(16)6-8-12/h5-8H,9-10H2,1-4H3,(H,19,20). The zero-order valence-corrected chi connectivity index (χ0v) is 13.5. The number of benzene rings is 1. The third kappa shape index (κ3) is 5.63. The van der Waals surface area contributed by atoms with Gasteiger partial charge in [-0.1, -0.05) is 32.4 Å². The molecular weight excluding hydrogens is 292 g/mol. The number of amides is 2. The molecule has 6 heteroatoms. The van der Waals surface area contributed by atoms with E-state index in [0.29, 0.717) is 17.3 Å². The number of hydrogen-bond acceptors (Lipinski definition) is 2. The Kier molecular flexibility index (Phi) is 5.61. The van der Waals surface area contributed by atoms with E-state index in [1.54, 1.807) is 31.3 Å². The van der Waals surface area contributed by atoms with Crippen molar-refractivity contribution in [3.8, 4) is 0 Å². The van der Waals surface area contributed by atoms with Crippen molar-refractivity contribution in [2.75, 3.05) is 25.0 Å². The van der Waals surface area contributed by atoms with Crippen LogP contribution in [0.1, 0.15) is 20.8 Å². The maximum atomic E-state index is 12.5. The van der Waals surface area contributed by atoms with Crippen molar-refractivity contribution >= 4 is 29.3 Å². The molecule has 0 fully saturated rings. The lowest BCUT2D eigenvalue weighted by Crippen LogP contribution is -2.46. The highest BCUT2D eigenvalue weighted by Gasteiger charge is 2.25. The topological polar surface area (TPSA) is 60.9 Å². The van der Waals surface area contributed by atoms with E-state index in [4.69, 9.17) is 16.7 Å². The third-order valence-electron chi connectivity index (χ3n) is 2.70. The molecule has 0 radical (unpaired) electrons. The summed E-state index contributed by atoms with van der Waals surface area (Å²) in [5.41, 5.74) is 0.437. The van der Waals surface area contributed by atoms with Crippen LogP contribution in [0, 0.1) is 5.41 Å². The number of urea groups is 1. The maximum Gasteiger partial charge on any atom is 0.324 e. The Balaban J connectivity index is 2.99. The predicted molar refractivity (Wildman–Crippen MR) is 83.9 cm³/mol. The quantitative estimate of drug-likeness (QED) is 0.927. The number of anilines is 1. The van der Waals surface area contributed by atoms with Crippen LogP contribution in [0.3, 0.4) is 0 Å². The van der Waals surface area contributed by atoms with Gasteiger partial charge < -0.3 is 10.0 Å². The largest absolute Gasteiger partial charge is 0.480 e. The van der Waals surface area contributed by atoms with Crippen LogP contribution in [0.2, 0.25) is 5.02 Å². The number of hydrogen-bond donors (Lipinski definition) is 1. The molecule has 0 aliphatic heterocycles. The lowest BCUT2D eigenvalue weighted by atomic mass is 9.96. The molecule has 0 aliphatic carbocycles. The Bertz CT molecular complexity index is 509. The summed E-state index contributed by atoms with van der Waals surface area (Å²) >= 11 is 5.82. The van der Waals surface area contributed by atoms with Crippen molar-refractivity contribution in [2.24, 2.45) is 5.41 Å². The van der Waals surface area contributed by atoms with E-state index in [1.165, 1.54) is 9.80 Å². The molecule has 0 unspecified atom stereocenters. The van der Waals surface area contributed by atoms with E-state index in [1.807, 2.05) is 20.8 Å². The Morgan fingerprint density at radius 3 is 2.14 bits per heavy atom. The Morgan fingerprint density at radius 2 is 1.71 bits per heavy atom. The number of aliphatic carboxylic acids is 1. The van der Waals surface area contributed by atoms with Gasteiger partial charge in [0.15, 0.2) is 0 Å². The van der Waals surface area contributed by atoms with E-state index < -0.39 is 12.5 Å². The van der Waals surface area contributed by atoms with E-state index in [-0.39, 0.29) is 11.4 Å². The van der Waals surface area contributed by atoms with E-state index in [9.17, 15) is 9.59 Å². The molecule has 0 bridgehead atoms. The van der Waals surface area contributed by atoms with Gasteiger partial charge in [-0.05, 0) is 29.7 Å². The molecule has 0 aromatic heterocycles. The molecule has 21 heavy (non-hydrogen) atoms. The average molecular weight is 313 g/mol. The molecule has 2 amide bonds. The maximum absolute atomic E-state index is 12.5. The molecular formula is C15H21ClN2O3. The van der Waals surface area contributed by atoms with Gasteiger partial charge in [-0.2, -0.15) is 0 Å². The second kappa shape index (κ2) is 6.80. The summed E-state index contributed by atoms with van der Waals surface area (Å²) in [5, 5.41) is 9.56.